The van der Waals surface area contributed by atoms with Crippen molar-refractivity contribution < 1.29 is 14.3 Å². The lowest BCUT2D eigenvalue weighted by atomic mass is 9.85. The Kier molecular flexibility index (Phi) is 7.00. The van der Waals surface area contributed by atoms with Crippen LogP contribution < -0.4 is 10.1 Å². The molecule has 4 aliphatic rings. The lowest BCUT2D eigenvalue weighted by Gasteiger charge is -2.44. The molecule has 5 nitrogen and oxygen atoms in total. The van der Waals surface area contributed by atoms with E-state index in [1.165, 1.54) is 11.1 Å². The highest BCUT2D eigenvalue weighted by molar-refractivity contribution is 6.32. The molecule has 6 rings (SSSR count). The van der Waals surface area contributed by atoms with E-state index >= 15 is 0 Å². The van der Waals surface area contributed by atoms with Gasteiger partial charge in [0.05, 0.1) is 17.7 Å². The van der Waals surface area contributed by atoms with Crippen LogP contribution in [0.25, 0.3) is 11.1 Å². The molecule has 2 bridgehead atoms. The van der Waals surface area contributed by atoms with Crippen LogP contribution in [-0.2, 0) is 11.2 Å². The number of piperidine rings is 3. The number of fused-ring (bicyclic) bond motifs is 4. The number of carbonyl (C=O) groups is 1. The van der Waals surface area contributed by atoms with E-state index in [0.717, 1.165) is 68.6 Å². The summed E-state index contributed by atoms with van der Waals surface area (Å²) in [5, 5.41) is 3.85. The number of unbranched alkanes of at least 4 members (excludes halogenated alkanes) is 1. The van der Waals surface area contributed by atoms with Gasteiger partial charge in [0, 0.05) is 6.54 Å². The van der Waals surface area contributed by atoms with Crippen LogP contribution in [0.4, 0.5) is 4.79 Å². The fourth-order valence-corrected chi connectivity index (χ4v) is 6.20. The van der Waals surface area contributed by atoms with Gasteiger partial charge >= 0.3 is 6.09 Å². The summed E-state index contributed by atoms with van der Waals surface area (Å²) in [7, 11) is 0. The van der Waals surface area contributed by atoms with E-state index in [-0.39, 0.29) is 23.7 Å². The Labute approximate surface area is 214 Å². The fourth-order valence-electron chi connectivity index (χ4n) is 5.96. The molecule has 1 amide bonds. The van der Waals surface area contributed by atoms with Crippen molar-refractivity contribution in [1.82, 2.24) is 10.2 Å². The van der Waals surface area contributed by atoms with Crippen molar-refractivity contribution >= 4 is 17.7 Å². The largest absolute Gasteiger partial charge is 0.492 e. The van der Waals surface area contributed by atoms with Crippen LogP contribution in [0.5, 0.6) is 5.75 Å². The highest BCUT2D eigenvalue weighted by atomic mass is 35.5. The fraction of sp³-hybridized carbons (Fsp3) is 0.552. The molecule has 0 aromatic heterocycles. The minimum absolute atomic E-state index is 0.0162. The molecule has 6 heteroatoms. The Bertz CT molecular complexity index is 1080. The number of carbonyl (C=O) groups excluding carboxylic acids is 1. The van der Waals surface area contributed by atoms with Crippen LogP contribution in [0.3, 0.4) is 0 Å². The summed E-state index contributed by atoms with van der Waals surface area (Å²) in [5.74, 6) is 1.24. The van der Waals surface area contributed by atoms with Gasteiger partial charge < -0.3 is 14.8 Å². The average molecular weight is 497 g/mol. The number of nitrogens with one attached hydrogen (secondary N) is 1. The van der Waals surface area contributed by atoms with E-state index in [9.17, 15) is 4.79 Å². The summed E-state index contributed by atoms with van der Waals surface area (Å²) in [5.41, 5.74) is 4.54. The van der Waals surface area contributed by atoms with Gasteiger partial charge in [-0.2, -0.15) is 0 Å². The number of nitrogens with zero attached hydrogens (tertiary/aromatic N) is 1. The predicted octanol–water partition coefficient (Wildman–Crippen LogP) is 6.63. The average Bonchev–Trinajstić information content (AvgIpc) is 3.09. The Hall–Kier alpha value is -2.24. The quantitative estimate of drug-likeness (QED) is 0.437. The first-order chi connectivity index (χ1) is 16.8. The van der Waals surface area contributed by atoms with Crippen LogP contribution in [0.2, 0.25) is 5.02 Å². The topological polar surface area (TPSA) is 50.8 Å². The van der Waals surface area contributed by atoms with E-state index in [1.807, 2.05) is 12.1 Å². The highest BCUT2D eigenvalue weighted by Gasteiger charge is 2.42. The van der Waals surface area contributed by atoms with Gasteiger partial charge in [-0.15, -0.1) is 0 Å². The molecule has 2 aromatic carbocycles. The lowest BCUT2D eigenvalue weighted by molar-refractivity contribution is -0.0348. The summed E-state index contributed by atoms with van der Waals surface area (Å²) in [6, 6.07) is 12.4. The maximum Gasteiger partial charge on any atom is 0.407 e. The van der Waals surface area contributed by atoms with Crippen LogP contribution >= 0.6 is 11.6 Å². The summed E-state index contributed by atoms with van der Waals surface area (Å²) in [6.45, 7) is 10.4. The molecule has 1 N–H and O–H groups in total. The molecule has 0 radical (unpaired) electrons. The SMILES string of the molecule is CCCCOc1ccc(-c2ccc3c(c2)CC(C)(C)C3NC(=O)O[C@@H]2CN3CCC2CC3)cc1Cl. The smallest absolute Gasteiger partial charge is 0.407 e. The second-order valence-corrected chi connectivity index (χ2v) is 11.5. The number of alkyl carbamates (subject to hydrolysis) is 1. The van der Waals surface area contributed by atoms with Gasteiger partial charge in [0.1, 0.15) is 11.9 Å². The zero-order chi connectivity index (χ0) is 24.6. The molecule has 3 fully saturated rings. The van der Waals surface area contributed by atoms with Crippen molar-refractivity contribution in [2.45, 2.75) is 65.0 Å². The van der Waals surface area contributed by atoms with Gasteiger partial charge in [-0.1, -0.05) is 63.1 Å². The molecular weight excluding hydrogens is 460 g/mol. The molecule has 3 saturated heterocycles. The van der Waals surface area contributed by atoms with Gasteiger partial charge in [0.15, 0.2) is 0 Å². The van der Waals surface area contributed by atoms with Gasteiger partial charge in [-0.25, -0.2) is 4.79 Å². The van der Waals surface area contributed by atoms with Crippen LogP contribution in [0.15, 0.2) is 36.4 Å². The number of benzene rings is 2. The number of rotatable bonds is 7. The number of hydrogen-bond donors (Lipinski definition) is 1. The van der Waals surface area contributed by atoms with E-state index in [2.05, 4.69) is 55.3 Å². The zero-order valence-corrected chi connectivity index (χ0v) is 21.9. The second kappa shape index (κ2) is 10.0. The molecule has 188 valence electrons. The maximum atomic E-state index is 12.9. The summed E-state index contributed by atoms with van der Waals surface area (Å²) in [4.78, 5) is 15.3. The number of halogens is 1. The lowest BCUT2D eigenvalue weighted by Crippen LogP contribution is -2.53. The zero-order valence-electron chi connectivity index (χ0n) is 21.1. The first-order valence-corrected chi connectivity index (χ1v) is 13.5. The van der Waals surface area contributed by atoms with Crippen LogP contribution in [0.1, 0.15) is 63.6 Å². The second-order valence-electron chi connectivity index (χ2n) is 11.1. The van der Waals surface area contributed by atoms with Crippen molar-refractivity contribution in [1.29, 1.82) is 0 Å². The molecule has 3 heterocycles. The molecule has 1 unspecified atom stereocenters. The monoisotopic (exact) mass is 496 g/mol. The van der Waals surface area contributed by atoms with E-state index < -0.39 is 0 Å². The summed E-state index contributed by atoms with van der Waals surface area (Å²) in [6.07, 6.45) is 5.00. The third kappa shape index (κ3) is 5.17. The maximum absolute atomic E-state index is 12.9. The van der Waals surface area contributed by atoms with Crippen molar-refractivity contribution in [2.24, 2.45) is 11.3 Å². The molecule has 35 heavy (non-hydrogen) atoms. The number of amides is 1. The minimum atomic E-state index is -0.288. The van der Waals surface area contributed by atoms with Crippen molar-refractivity contribution in [3.8, 4) is 16.9 Å². The molecule has 0 spiro atoms. The van der Waals surface area contributed by atoms with Gasteiger partial charge in [-0.3, -0.25) is 4.90 Å². The molecule has 2 aromatic rings. The van der Waals surface area contributed by atoms with Gasteiger partial charge in [-0.05, 0) is 84.5 Å². The molecule has 1 aliphatic carbocycles. The molecule has 2 atom stereocenters. The Morgan fingerprint density at radius 2 is 1.89 bits per heavy atom. The molecular formula is C29H37ClN2O3. The van der Waals surface area contributed by atoms with E-state index in [0.29, 0.717) is 17.5 Å². The summed E-state index contributed by atoms with van der Waals surface area (Å²) >= 11 is 6.52. The third-order valence-corrected chi connectivity index (χ3v) is 8.31. The highest BCUT2D eigenvalue weighted by Crippen LogP contribution is 2.46. The summed E-state index contributed by atoms with van der Waals surface area (Å²) < 4.78 is 11.7. The minimum Gasteiger partial charge on any atom is -0.492 e. The normalized spacial score (nSPS) is 26.3. The van der Waals surface area contributed by atoms with Crippen LogP contribution in [0, 0.1) is 11.3 Å². The van der Waals surface area contributed by atoms with Gasteiger partial charge in [0.25, 0.3) is 0 Å². The van der Waals surface area contributed by atoms with Crippen molar-refractivity contribution in [3.63, 3.8) is 0 Å². The first kappa shape index (κ1) is 24.5. The first-order valence-electron chi connectivity index (χ1n) is 13.1. The van der Waals surface area contributed by atoms with Crippen LogP contribution in [-0.4, -0.2) is 43.3 Å². The Morgan fingerprint density at radius 3 is 2.57 bits per heavy atom. The Morgan fingerprint density at radius 1 is 1.14 bits per heavy atom. The van der Waals surface area contributed by atoms with Crippen molar-refractivity contribution in [3.05, 3.63) is 52.5 Å². The molecule has 3 aliphatic heterocycles. The van der Waals surface area contributed by atoms with Crippen molar-refractivity contribution in [2.75, 3.05) is 26.2 Å². The van der Waals surface area contributed by atoms with E-state index in [4.69, 9.17) is 21.1 Å². The standard InChI is InChI=1S/C29H37ClN2O3/c1-4-5-14-34-25-9-7-21(16-24(25)30)20-6-8-23-22(15-20)17-29(2,3)27(23)31-28(33)35-26-18-32-12-10-19(26)11-13-32/h6-9,15-16,19,26-27H,4-5,10-14,17-18H2,1-3H3,(H,31,33)/t26-,27?/m1/s1. The third-order valence-electron chi connectivity index (χ3n) is 8.02. The Balaban J connectivity index is 1.29. The number of ether oxygens (including phenoxy) is 2. The number of hydrogen-bond acceptors (Lipinski definition) is 4. The molecule has 0 saturated carbocycles. The van der Waals surface area contributed by atoms with Gasteiger partial charge in [0.2, 0.25) is 0 Å². The van der Waals surface area contributed by atoms with E-state index in [1.54, 1.807) is 0 Å². The predicted molar refractivity (Wildman–Crippen MR) is 140 cm³/mol.